The molecule has 0 radical (unpaired) electrons. The van der Waals surface area contributed by atoms with Crippen LogP contribution < -0.4 is 10.2 Å². The highest BCUT2D eigenvalue weighted by molar-refractivity contribution is 5.51. The fourth-order valence-electron chi connectivity index (χ4n) is 2.55. The first-order chi connectivity index (χ1) is 8.75. The molecule has 1 aliphatic heterocycles. The number of rotatable bonds is 3. The largest absolute Gasteiger partial charge is 0.388 e. The Morgan fingerprint density at radius 1 is 1.28 bits per heavy atom. The van der Waals surface area contributed by atoms with Crippen LogP contribution in [-0.4, -0.2) is 31.3 Å². The lowest BCUT2D eigenvalue weighted by Crippen LogP contribution is -2.43. The predicted octanol–water partition coefficient (Wildman–Crippen LogP) is 1.68. The topological polar surface area (TPSA) is 35.5 Å². The summed E-state index contributed by atoms with van der Waals surface area (Å²) in [7, 11) is 0. The molecule has 1 saturated carbocycles. The number of halogens is 1. The quantitative estimate of drug-likeness (QED) is 0.856. The summed E-state index contributed by atoms with van der Waals surface area (Å²) >= 11 is 0. The standard InChI is InChI=1S/C14H19FN2O/c15-12-4-3-11(14(18)10-1-2-10)9-13(12)17-7-5-16-6-8-17/h3-4,9-10,14,16,18H,1-2,5-8H2/t14-/m1/s1. The first-order valence-electron chi connectivity index (χ1n) is 6.69. The van der Waals surface area contributed by atoms with E-state index in [2.05, 4.69) is 10.2 Å². The van der Waals surface area contributed by atoms with Gasteiger partial charge in [0.25, 0.3) is 0 Å². The average molecular weight is 250 g/mol. The lowest BCUT2D eigenvalue weighted by atomic mass is 10.0. The minimum atomic E-state index is -0.424. The van der Waals surface area contributed by atoms with E-state index in [4.69, 9.17) is 0 Å². The molecule has 2 aliphatic rings. The third kappa shape index (κ3) is 2.35. The van der Waals surface area contributed by atoms with E-state index in [1.54, 1.807) is 6.07 Å². The van der Waals surface area contributed by atoms with Crippen molar-refractivity contribution in [3.63, 3.8) is 0 Å². The number of aliphatic hydroxyl groups excluding tert-OH is 1. The highest BCUT2D eigenvalue weighted by atomic mass is 19.1. The Bertz CT molecular complexity index is 428. The van der Waals surface area contributed by atoms with Crippen LogP contribution in [0.3, 0.4) is 0 Å². The molecule has 3 nitrogen and oxygen atoms in total. The van der Waals surface area contributed by atoms with Crippen LogP contribution in [0.4, 0.5) is 10.1 Å². The fraction of sp³-hybridized carbons (Fsp3) is 0.571. The van der Waals surface area contributed by atoms with Gasteiger partial charge in [0.1, 0.15) is 5.82 Å². The molecule has 1 aliphatic carbocycles. The number of hydrogen-bond acceptors (Lipinski definition) is 3. The number of nitrogens with one attached hydrogen (secondary N) is 1. The highest BCUT2D eigenvalue weighted by Gasteiger charge is 2.31. The lowest BCUT2D eigenvalue weighted by Gasteiger charge is -2.30. The second-order valence-electron chi connectivity index (χ2n) is 5.23. The van der Waals surface area contributed by atoms with Gasteiger partial charge in [0, 0.05) is 26.2 Å². The van der Waals surface area contributed by atoms with Crippen molar-refractivity contribution in [3.8, 4) is 0 Å². The molecule has 2 fully saturated rings. The van der Waals surface area contributed by atoms with Crippen molar-refractivity contribution in [3.05, 3.63) is 29.6 Å². The van der Waals surface area contributed by atoms with Gasteiger partial charge in [-0.15, -0.1) is 0 Å². The van der Waals surface area contributed by atoms with E-state index in [9.17, 15) is 9.50 Å². The van der Waals surface area contributed by atoms with Crippen LogP contribution in [0.15, 0.2) is 18.2 Å². The zero-order valence-corrected chi connectivity index (χ0v) is 10.4. The third-order valence-electron chi connectivity index (χ3n) is 3.84. The van der Waals surface area contributed by atoms with E-state index in [0.717, 1.165) is 44.6 Å². The van der Waals surface area contributed by atoms with Crippen LogP contribution in [0, 0.1) is 11.7 Å². The van der Waals surface area contributed by atoms with Crippen molar-refractivity contribution in [2.75, 3.05) is 31.1 Å². The first kappa shape index (κ1) is 11.9. The SMILES string of the molecule is O[C@@H](c1ccc(F)c(N2CCNCC2)c1)C1CC1. The molecule has 4 heteroatoms. The van der Waals surface area contributed by atoms with Gasteiger partial charge in [-0.2, -0.15) is 0 Å². The third-order valence-corrected chi connectivity index (χ3v) is 3.84. The Kier molecular flexibility index (Phi) is 3.22. The number of nitrogens with zero attached hydrogens (tertiary/aromatic N) is 1. The van der Waals surface area contributed by atoms with Crippen LogP contribution >= 0.6 is 0 Å². The van der Waals surface area contributed by atoms with E-state index in [1.165, 1.54) is 6.07 Å². The molecular weight excluding hydrogens is 231 g/mol. The molecule has 0 spiro atoms. The molecule has 1 saturated heterocycles. The molecule has 0 unspecified atom stereocenters. The van der Waals surface area contributed by atoms with Gasteiger partial charge in [0.05, 0.1) is 11.8 Å². The van der Waals surface area contributed by atoms with E-state index in [1.807, 2.05) is 6.07 Å². The second kappa shape index (κ2) is 4.86. The molecule has 1 aromatic carbocycles. The zero-order valence-electron chi connectivity index (χ0n) is 10.4. The van der Waals surface area contributed by atoms with Crippen LogP contribution in [-0.2, 0) is 0 Å². The normalized spacial score (nSPS) is 22.0. The van der Waals surface area contributed by atoms with Crippen LogP contribution in [0.2, 0.25) is 0 Å². The smallest absolute Gasteiger partial charge is 0.146 e. The van der Waals surface area contributed by atoms with Crippen molar-refractivity contribution in [1.29, 1.82) is 0 Å². The molecule has 0 bridgehead atoms. The highest BCUT2D eigenvalue weighted by Crippen LogP contribution is 2.41. The number of hydrogen-bond donors (Lipinski definition) is 2. The monoisotopic (exact) mass is 250 g/mol. The van der Waals surface area contributed by atoms with Crippen LogP contribution in [0.25, 0.3) is 0 Å². The number of piperazine rings is 1. The minimum absolute atomic E-state index is 0.191. The van der Waals surface area contributed by atoms with Gasteiger partial charge in [0.15, 0.2) is 0 Å². The van der Waals surface area contributed by atoms with Gasteiger partial charge in [0.2, 0.25) is 0 Å². The maximum atomic E-state index is 13.9. The maximum Gasteiger partial charge on any atom is 0.146 e. The van der Waals surface area contributed by atoms with Gasteiger partial charge in [-0.25, -0.2) is 4.39 Å². The summed E-state index contributed by atoms with van der Waals surface area (Å²) in [5.74, 6) is 0.190. The summed E-state index contributed by atoms with van der Waals surface area (Å²) in [6.07, 6.45) is 1.75. The number of anilines is 1. The Balaban J connectivity index is 1.84. The summed E-state index contributed by atoms with van der Waals surface area (Å²) < 4.78 is 13.9. The van der Waals surface area contributed by atoms with Gasteiger partial charge in [-0.3, -0.25) is 0 Å². The van der Waals surface area contributed by atoms with Crippen LogP contribution in [0.5, 0.6) is 0 Å². The van der Waals surface area contributed by atoms with Crippen molar-refractivity contribution >= 4 is 5.69 Å². The zero-order chi connectivity index (χ0) is 12.5. The molecule has 3 rings (SSSR count). The molecular formula is C14H19FN2O. The van der Waals surface area contributed by atoms with Crippen LogP contribution in [0.1, 0.15) is 24.5 Å². The summed E-state index contributed by atoms with van der Waals surface area (Å²) in [4.78, 5) is 2.05. The van der Waals surface area contributed by atoms with Gasteiger partial charge < -0.3 is 15.3 Å². The van der Waals surface area contributed by atoms with E-state index in [-0.39, 0.29) is 5.82 Å². The van der Waals surface area contributed by atoms with E-state index >= 15 is 0 Å². The molecule has 18 heavy (non-hydrogen) atoms. The summed E-state index contributed by atoms with van der Waals surface area (Å²) in [6, 6.07) is 5.02. The Morgan fingerprint density at radius 2 is 2.00 bits per heavy atom. The molecule has 2 N–H and O–H groups in total. The van der Waals surface area contributed by atoms with E-state index < -0.39 is 6.10 Å². The Morgan fingerprint density at radius 3 is 2.67 bits per heavy atom. The minimum Gasteiger partial charge on any atom is -0.388 e. The van der Waals surface area contributed by atoms with Crippen molar-refractivity contribution in [1.82, 2.24) is 5.32 Å². The molecule has 98 valence electrons. The van der Waals surface area contributed by atoms with Gasteiger partial charge in [-0.05, 0) is 36.5 Å². The molecule has 0 aromatic heterocycles. The maximum absolute atomic E-state index is 13.9. The predicted molar refractivity (Wildman–Crippen MR) is 69.2 cm³/mol. The summed E-state index contributed by atoms with van der Waals surface area (Å²) in [5, 5.41) is 13.4. The lowest BCUT2D eigenvalue weighted by molar-refractivity contribution is 0.154. The summed E-state index contributed by atoms with van der Waals surface area (Å²) in [6.45, 7) is 3.41. The van der Waals surface area contributed by atoms with Crippen molar-refractivity contribution in [2.45, 2.75) is 18.9 Å². The number of aliphatic hydroxyl groups is 1. The molecule has 1 aromatic rings. The van der Waals surface area contributed by atoms with Crippen molar-refractivity contribution in [2.24, 2.45) is 5.92 Å². The molecule has 0 amide bonds. The Labute approximate surface area is 107 Å². The number of benzene rings is 1. The second-order valence-corrected chi connectivity index (χ2v) is 5.23. The van der Waals surface area contributed by atoms with Crippen molar-refractivity contribution < 1.29 is 9.50 Å². The summed E-state index contributed by atoms with van der Waals surface area (Å²) in [5.41, 5.74) is 1.49. The average Bonchev–Trinajstić information content (AvgIpc) is 3.24. The molecule has 1 atom stereocenters. The van der Waals surface area contributed by atoms with E-state index in [0.29, 0.717) is 11.6 Å². The fourth-order valence-corrected chi connectivity index (χ4v) is 2.55. The first-order valence-corrected chi connectivity index (χ1v) is 6.69. The molecule has 1 heterocycles. The van der Waals surface area contributed by atoms with Gasteiger partial charge >= 0.3 is 0 Å². The Hall–Kier alpha value is -1.13. The van der Waals surface area contributed by atoms with Gasteiger partial charge in [-0.1, -0.05) is 6.07 Å².